The number of aliphatic carboxylic acids is 1. The Morgan fingerprint density at radius 3 is 2.00 bits per heavy atom. The van der Waals surface area contributed by atoms with Crippen LogP contribution in [-0.2, 0) is 4.79 Å². The number of hydrogen-bond donors (Lipinski definition) is 2. The summed E-state index contributed by atoms with van der Waals surface area (Å²) in [6.45, 7) is 4.24. The Morgan fingerprint density at radius 2 is 1.48 bits per heavy atom. The second kappa shape index (κ2) is 14.3. The summed E-state index contributed by atoms with van der Waals surface area (Å²) in [5.41, 5.74) is 0. The van der Waals surface area contributed by atoms with Crippen LogP contribution in [0.2, 0.25) is 0 Å². The highest BCUT2D eigenvalue weighted by Crippen LogP contribution is 2.08. The SMILES string of the molecule is CCCCCCCCCCNCCCC(C(=O)O)N(C)C. The van der Waals surface area contributed by atoms with Gasteiger partial charge in [-0.3, -0.25) is 9.69 Å². The molecule has 0 heterocycles. The number of carboxylic acid groups (broad SMARTS) is 1. The Labute approximate surface area is 131 Å². The molecule has 0 aliphatic rings. The summed E-state index contributed by atoms with van der Waals surface area (Å²) in [5, 5.41) is 12.5. The molecule has 0 aromatic rings. The molecule has 2 N–H and O–H groups in total. The maximum Gasteiger partial charge on any atom is 0.320 e. The summed E-state index contributed by atoms with van der Waals surface area (Å²) in [6, 6.07) is -0.352. The molecule has 0 rings (SSSR count). The molecule has 0 fully saturated rings. The minimum atomic E-state index is -0.719. The molecule has 1 unspecified atom stereocenters. The highest BCUT2D eigenvalue weighted by Gasteiger charge is 2.18. The monoisotopic (exact) mass is 300 g/mol. The van der Waals surface area contributed by atoms with E-state index < -0.39 is 5.97 Å². The first-order chi connectivity index (χ1) is 10.1. The molecule has 0 saturated carbocycles. The fourth-order valence-corrected chi connectivity index (χ4v) is 2.53. The van der Waals surface area contributed by atoms with E-state index in [2.05, 4.69) is 12.2 Å². The number of nitrogens with zero attached hydrogens (tertiary/aromatic N) is 1. The zero-order valence-electron chi connectivity index (χ0n) is 14.4. The molecule has 1 atom stereocenters. The van der Waals surface area contributed by atoms with E-state index in [4.69, 9.17) is 5.11 Å². The molecule has 0 saturated heterocycles. The lowest BCUT2D eigenvalue weighted by Crippen LogP contribution is -2.36. The summed E-state index contributed by atoms with van der Waals surface area (Å²) in [6.07, 6.45) is 12.4. The van der Waals surface area contributed by atoms with Crippen LogP contribution >= 0.6 is 0 Å². The lowest BCUT2D eigenvalue weighted by atomic mass is 10.1. The van der Waals surface area contributed by atoms with Gasteiger partial charge in [0, 0.05) is 0 Å². The fraction of sp³-hybridized carbons (Fsp3) is 0.941. The van der Waals surface area contributed by atoms with E-state index in [0.29, 0.717) is 6.42 Å². The van der Waals surface area contributed by atoms with Crippen molar-refractivity contribution in [2.24, 2.45) is 0 Å². The van der Waals surface area contributed by atoms with Crippen molar-refractivity contribution in [1.82, 2.24) is 10.2 Å². The van der Waals surface area contributed by atoms with Gasteiger partial charge in [-0.15, -0.1) is 0 Å². The number of carbonyl (C=O) groups is 1. The van der Waals surface area contributed by atoms with Crippen molar-refractivity contribution < 1.29 is 9.90 Å². The van der Waals surface area contributed by atoms with E-state index in [1.54, 1.807) is 4.90 Å². The van der Waals surface area contributed by atoms with Crippen LogP contribution < -0.4 is 5.32 Å². The Kier molecular flexibility index (Phi) is 13.9. The lowest BCUT2D eigenvalue weighted by Gasteiger charge is -2.19. The zero-order chi connectivity index (χ0) is 15.9. The van der Waals surface area contributed by atoms with Crippen molar-refractivity contribution >= 4 is 5.97 Å². The van der Waals surface area contributed by atoms with E-state index >= 15 is 0 Å². The zero-order valence-corrected chi connectivity index (χ0v) is 14.4. The number of nitrogens with one attached hydrogen (secondary N) is 1. The summed E-state index contributed by atoms with van der Waals surface area (Å²) in [5.74, 6) is -0.719. The minimum absolute atomic E-state index is 0.352. The van der Waals surface area contributed by atoms with Crippen LogP contribution in [0.1, 0.15) is 71.1 Å². The molecule has 0 radical (unpaired) electrons. The molecular formula is C17H36N2O2. The predicted molar refractivity (Wildman–Crippen MR) is 89.8 cm³/mol. The van der Waals surface area contributed by atoms with Gasteiger partial charge >= 0.3 is 5.97 Å². The summed E-state index contributed by atoms with van der Waals surface area (Å²) >= 11 is 0. The van der Waals surface area contributed by atoms with Crippen LogP contribution in [0.15, 0.2) is 0 Å². The average Bonchev–Trinajstić information content (AvgIpc) is 2.43. The van der Waals surface area contributed by atoms with Crippen LogP contribution in [0.4, 0.5) is 0 Å². The third-order valence-corrected chi connectivity index (χ3v) is 3.95. The first-order valence-electron chi connectivity index (χ1n) is 8.69. The van der Waals surface area contributed by atoms with Crippen LogP contribution in [0.3, 0.4) is 0 Å². The van der Waals surface area contributed by atoms with Crippen LogP contribution in [0, 0.1) is 0 Å². The van der Waals surface area contributed by atoms with Crippen LogP contribution in [0.25, 0.3) is 0 Å². The first kappa shape index (κ1) is 20.4. The van der Waals surface area contributed by atoms with Gasteiger partial charge in [0.2, 0.25) is 0 Å². The summed E-state index contributed by atoms with van der Waals surface area (Å²) < 4.78 is 0. The lowest BCUT2D eigenvalue weighted by molar-refractivity contribution is -0.142. The van der Waals surface area contributed by atoms with Gasteiger partial charge in [0.05, 0.1) is 0 Å². The molecule has 0 aromatic heterocycles. The molecule has 126 valence electrons. The van der Waals surface area contributed by atoms with Gasteiger partial charge in [-0.2, -0.15) is 0 Å². The highest BCUT2D eigenvalue weighted by molar-refractivity contribution is 5.73. The van der Waals surface area contributed by atoms with E-state index in [1.165, 1.54) is 51.4 Å². The maximum atomic E-state index is 11.0. The molecule has 0 aromatic carbocycles. The van der Waals surface area contributed by atoms with Gasteiger partial charge in [0.15, 0.2) is 0 Å². The number of likely N-dealkylation sites (N-methyl/N-ethyl adjacent to an activating group) is 1. The first-order valence-corrected chi connectivity index (χ1v) is 8.69. The van der Waals surface area contributed by atoms with Gasteiger partial charge in [-0.05, 0) is 46.4 Å². The normalized spacial score (nSPS) is 12.8. The largest absolute Gasteiger partial charge is 0.480 e. The molecule has 0 bridgehead atoms. The summed E-state index contributed by atoms with van der Waals surface area (Å²) in [4.78, 5) is 12.8. The quantitative estimate of drug-likeness (QED) is 0.454. The third-order valence-electron chi connectivity index (χ3n) is 3.95. The fourth-order valence-electron chi connectivity index (χ4n) is 2.53. The molecule has 0 aliphatic heterocycles. The van der Waals surface area contributed by atoms with Crippen molar-refractivity contribution in [3.8, 4) is 0 Å². The van der Waals surface area contributed by atoms with Crippen LogP contribution in [0.5, 0.6) is 0 Å². The second-order valence-electron chi connectivity index (χ2n) is 6.18. The van der Waals surface area contributed by atoms with Gasteiger partial charge in [-0.1, -0.05) is 51.9 Å². The second-order valence-corrected chi connectivity index (χ2v) is 6.18. The van der Waals surface area contributed by atoms with Gasteiger partial charge in [-0.25, -0.2) is 0 Å². The Hall–Kier alpha value is -0.610. The molecule has 0 amide bonds. The maximum absolute atomic E-state index is 11.0. The Bertz CT molecular complexity index is 245. The molecule has 4 nitrogen and oxygen atoms in total. The number of hydrogen-bond acceptors (Lipinski definition) is 3. The van der Waals surface area contributed by atoms with Crippen molar-refractivity contribution in [1.29, 1.82) is 0 Å². The van der Waals surface area contributed by atoms with Crippen molar-refractivity contribution in [3.63, 3.8) is 0 Å². The van der Waals surface area contributed by atoms with Gasteiger partial charge in [0.1, 0.15) is 6.04 Å². The van der Waals surface area contributed by atoms with Crippen molar-refractivity contribution in [3.05, 3.63) is 0 Å². The number of unbranched alkanes of at least 4 members (excludes halogenated alkanes) is 7. The highest BCUT2D eigenvalue weighted by atomic mass is 16.4. The third kappa shape index (κ3) is 12.8. The number of rotatable bonds is 15. The topological polar surface area (TPSA) is 52.6 Å². The standard InChI is InChI=1S/C17H36N2O2/c1-4-5-6-7-8-9-10-11-14-18-15-12-13-16(17(20)21)19(2)3/h16,18H,4-15H2,1-3H3,(H,20,21). The van der Waals surface area contributed by atoms with Gasteiger partial charge < -0.3 is 10.4 Å². The smallest absolute Gasteiger partial charge is 0.320 e. The minimum Gasteiger partial charge on any atom is -0.480 e. The Morgan fingerprint density at radius 1 is 0.952 bits per heavy atom. The van der Waals surface area contributed by atoms with E-state index in [9.17, 15) is 4.79 Å². The van der Waals surface area contributed by atoms with Crippen molar-refractivity contribution in [2.45, 2.75) is 77.2 Å². The number of carboxylic acids is 1. The van der Waals surface area contributed by atoms with E-state index in [1.807, 2.05) is 14.1 Å². The molecule has 21 heavy (non-hydrogen) atoms. The Balaban J connectivity index is 3.27. The molecule has 0 spiro atoms. The molecule has 0 aliphatic carbocycles. The molecular weight excluding hydrogens is 264 g/mol. The van der Waals surface area contributed by atoms with Crippen LogP contribution in [-0.4, -0.2) is 49.2 Å². The average molecular weight is 300 g/mol. The summed E-state index contributed by atoms with van der Waals surface area (Å²) in [7, 11) is 3.65. The van der Waals surface area contributed by atoms with E-state index in [-0.39, 0.29) is 6.04 Å². The van der Waals surface area contributed by atoms with Crippen molar-refractivity contribution in [2.75, 3.05) is 27.2 Å². The predicted octanol–water partition coefficient (Wildman–Crippen LogP) is 3.51. The molecule has 4 heteroatoms. The van der Waals surface area contributed by atoms with Gasteiger partial charge in [0.25, 0.3) is 0 Å². The van der Waals surface area contributed by atoms with E-state index in [0.717, 1.165) is 19.5 Å².